The molecule has 2 unspecified atom stereocenters. The fraction of sp³-hybridized carbons (Fsp3) is 0.222. The lowest BCUT2D eigenvalue weighted by Gasteiger charge is -2.03. The van der Waals surface area contributed by atoms with Crippen LogP contribution < -0.4 is 5.32 Å². The van der Waals surface area contributed by atoms with Gasteiger partial charge in [-0.1, -0.05) is 24.3 Å². The Morgan fingerprint density at radius 1 is 1.22 bits per heavy atom. The van der Waals surface area contributed by atoms with Crippen LogP contribution in [-0.4, -0.2) is 15.9 Å². The Morgan fingerprint density at radius 3 is 2.78 bits per heavy atom. The number of carbonyl (C=O) groups excluding carboxylic acids is 1. The van der Waals surface area contributed by atoms with Gasteiger partial charge < -0.3 is 10.3 Å². The van der Waals surface area contributed by atoms with Crippen molar-refractivity contribution in [2.75, 3.05) is 0 Å². The molecule has 0 aliphatic heterocycles. The molecule has 1 amide bonds. The zero-order valence-electron chi connectivity index (χ0n) is 12.4. The number of aromatic amines is 1. The van der Waals surface area contributed by atoms with Crippen molar-refractivity contribution in [3.63, 3.8) is 0 Å². The number of rotatable bonds is 4. The first kappa shape index (κ1) is 13.9. The third-order valence-electron chi connectivity index (χ3n) is 4.29. The van der Waals surface area contributed by atoms with Crippen molar-refractivity contribution in [1.82, 2.24) is 15.3 Å². The maximum absolute atomic E-state index is 12.9. The van der Waals surface area contributed by atoms with Crippen molar-refractivity contribution in [2.45, 2.75) is 18.9 Å². The van der Waals surface area contributed by atoms with Crippen molar-refractivity contribution in [1.29, 1.82) is 0 Å². The second-order valence-corrected chi connectivity index (χ2v) is 5.92. The molecule has 1 aliphatic rings. The molecule has 0 radical (unpaired) electrons. The molecule has 1 fully saturated rings. The van der Waals surface area contributed by atoms with E-state index in [2.05, 4.69) is 15.3 Å². The summed E-state index contributed by atoms with van der Waals surface area (Å²) in [5.41, 5.74) is 2.88. The molecular formula is C18H16FN3O. The van der Waals surface area contributed by atoms with Gasteiger partial charge in [0.05, 0.1) is 17.6 Å². The smallest absolute Gasteiger partial charge is 0.224 e. The van der Waals surface area contributed by atoms with Crippen LogP contribution in [0.1, 0.15) is 23.7 Å². The van der Waals surface area contributed by atoms with Gasteiger partial charge in [0, 0.05) is 5.92 Å². The largest absolute Gasteiger partial charge is 0.349 e. The van der Waals surface area contributed by atoms with Gasteiger partial charge >= 0.3 is 0 Å². The highest BCUT2D eigenvalue weighted by molar-refractivity contribution is 5.83. The number of nitrogens with zero attached hydrogens (tertiary/aromatic N) is 1. The van der Waals surface area contributed by atoms with E-state index in [0.29, 0.717) is 6.54 Å². The van der Waals surface area contributed by atoms with Gasteiger partial charge in [-0.15, -0.1) is 0 Å². The highest BCUT2D eigenvalue weighted by atomic mass is 19.1. The highest BCUT2D eigenvalue weighted by Gasteiger charge is 2.43. The Hall–Kier alpha value is -2.69. The minimum absolute atomic E-state index is 0.0233. The third kappa shape index (κ3) is 2.82. The number of halogens is 1. The number of amides is 1. The van der Waals surface area contributed by atoms with Crippen LogP contribution in [0, 0.1) is 11.7 Å². The molecule has 2 N–H and O–H groups in total. The summed E-state index contributed by atoms with van der Waals surface area (Å²) in [6, 6.07) is 14.2. The molecule has 0 bridgehead atoms. The lowest BCUT2D eigenvalue weighted by atomic mass is 10.1. The summed E-state index contributed by atoms with van der Waals surface area (Å²) in [6.45, 7) is 0.389. The SMILES string of the molecule is O=C(NCc1nc2ccccc2[nH]1)C1CC1c1ccc(F)cc1. The predicted octanol–water partition coefficient (Wildman–Crippen LogP) is 3.12. The molecule has 4 nitrogen and oxygen atoms in total. The topological polar surface area (TPSA) is 57.8 Å². The average Bonchev–Trinajstić information content (AvgIpc) is 3.25. The number of hydrogen-bond donors (Lipinski definition) is 2. The minimum Gasteiger partial charge on any atom is -0.349 e. The maximum Gasteiger partial charge on any atom is 0.224 e. The Labute approximate surface area is 132 Å². The van der Waals surface area contributed by atoms with Crippen LogP contribution in [0.4, 0.5) is 4.39 Å². The van der Waals surface area contributed by atoms with Crippen molar-refractivity contribution in [3.8, 4) is 0 Å². The number of benzene rings is 2. The van der Waals surface area contributed by atoms with Crippen LogP contribution in [0.2, 0.25) is 0 Å². The van der Waals surface area contributed by atoms with Gasteiger partial charge in [0.1, 0.15) is 11.6 Å². The summed E-state index contributed by atoms with van der Waals surface area (Å²) in [5, 5.41) is 2.93. The van der Waals surface area contributed by atoms with Crippen molar-refractivity contribution in [3.05, 3.63) is 65.7 Å². The third-order valence-corrected chi connectivity index (χ3v) is 4.29. The van der Waals surface area contributed by atoms with Crippen LogP contribution in [0.25, 0.3) is 11.0 Å². The summed E-state index contributed by atoms with van der Waals surface area (Å²) in [5.74, 6) is 0.703. The van der Waals surface area contributed by atoms with E-state index in [1.165, 1.54) is 12.1 Å². The van der Waals surface area contributed by atoms with Gasteiger partial charge in [-0.25, -0.2) is 9.37 Å². The first-order valence-corrected chi connectivity index (χ1v) is 7.67. The lowest BCUT2D eigenvalue weighted by Crippen LogP contribution is -2.25. The highest BCUT2D eigenvalue weighted by Crippen LogP contribution is 2.47. The van der Waals surface area contributed by atoms with Gasteiger partial charge in [-0.05, 0) is 42.2 Å². The summed E-state index contributed by atoms with van der Waals surface area (Å²) < 4.78 is 12.9. The molecule has 1 aromatic heterocycles. The Bertz CT molecular complexity index is 823. The van der Waals surface area contributed by atoms with Crippen LogP contribution in [-0.2, 0) is 11.3 Å². The molecule has 3 aromatic rings. The van der Waals surface area contributed by atoms with E-state index >= 15 is 0 Å². The Balaban J connectivity index is 1.36. The fourth-order valence-electron chi connectivity index (χ4n) is 2.95. The van der Waals surface area contributed by atoms with Gasteiger partial charge in [0.2, 0.25) is 5.91 Å². The summed E-state index contributed by atoms with van der Waals surface area (Å²) in [6.07, 6.45) is 0.817. The fourth-order valence-corrected chi connectivity index (χ4v) is 2.95. The quantitative estimate of drug-likeness (QED) is 0.778. The maximum atomic E-state index is 12.9. The number of hydrogen-bond acceptors (Lipinski definition) is 2. The number of carbonyl (C=O) groups is 1. The van der Waals surface area contributed by atoms with Crippen molar-refractivity contribution < 1.29 is 9.18 Å². The van der Waals surface area contributed by atoms with E-state index in [1.807, 2.05) is 24.3 Å². The molecule has 1 heterocycles. The van der Waals surface area contributed by atoms with Gasteiger partial charge in [-0.3, -0.25) is 4.79 Å². The molecular weight excluding hydrogens is 293 g/mol. The van der Waals surface area contributed by atoms with E-state index < -0.39 is 0 Å². The first-order valence-electron chi connectivity index (χ1n) is 7.67. The Morgan fingerprint density at radius 2 is 2.00 bits per heavy atom. The second kappa shape index (κ2) is 5.50. The van der Waals surface area contributed by atoms with Crippen molar-refractivity contribution in [2.24, 2.45) is 5.92 Å². The molecule has 4 rings (SSSR count). The summed E-state index contributed by atoms with van der Waals surface area (Å²) in [7, 11) is 0. The van der Waals surface area contributed by atoms with E-state index in [1.54, 1.807) is 12.1 Å². The Kier molecular flexibility index (Phi) is 3.33. The number of nitrogens with one attached hydrogen (secondary N) is 2. The average molecular weight is 309 g/mol. The number of para-hydroxylation sites is 2. The van der Waals surface area contributed by atoms with Gasteiger partial charge in [0.15, 0.2) is 0 Å². The second-order valence-electron chi connectivity index (χ2n) is 5.92. The van der Waals surface area contributed by atoms with Gasteiger partial charge in [0.25, 0.3) is 0 Å². The zero-order valence-corrected chi connectivity index (χ0v) is 12.4. The summed E-state index contributed by atoms with van der Waals surface area (Å²) >= 11 is 0. The van der Waals surface area contributed by atoms with E-state index in [0.717, 1.165) is 28.8 Å². The normalized spacial score (nSPS) is 19.7. The monoisotopic (exact) mass is 309 g/mol. The number of H-pyrrole nitrogens is 1. The number of imidazole rings is 1. The molecule has 116 valence electrons. The van der Waals surface area contributed by atoms with Crippen LogP contribution in [0.15, 0.2) is 48.5 Å². The minimum atomic E-state index is -0.250. The molecule has 1 saturated carbocycles. The lowest BCUT2D eigenvalue weighted by molar-refractivity contribution is -0.122. The predicted molar refractivity (Wildman–Crippen MR) is 85.2 cm³/mol. The van der Waals surface area contributed by atoms with Gasteiger partial charge in [-0.2, -0.15) is 0 Å². The molecule has 23 heavy (non-hydrogen) atoms. The molecule has 2 aromatic carbocycles. The number of aromatic nitrogens is 2. The van der Waals surface area contributed by atoms with Crippen molar-refractivity contribution >= 4 is 16.9 Å². The first-order chi connectivity index (χ1) is 11.2. The van der Waals surface area contributed by atoms with Crippen LogP contribution in [0.5, 0.6) is 0 Å². The number of fused-ring (bicyclic) bond motifs is 1. The van der Waals surface area contributed by atoms with E-state index in [-0.39, 0.29) is 23.6 Å². The molecule has 5 heteroatoms. The van der Waals surface area contributed by atoms with E-state index in [9.17, 15) is 9.18 Å². The molecule has 0 saturated heterocycles. The van der Waals surface area contributed by atoms with E-state index in [4.69, 9.17) is 0 Å². The van der Waals surface area contributed by atoms with Crippen LogP contribution >= 0.6 is 0 Å². The zero-order chi connectivity index (χ0) is 15.8. The van der Waals surface area contributed by atoms with Crippen LogP contribution in [0.3, 0.4) is 0 Å². The molecule has 1 aliphatic carbocycles. The molecule has 2 atom stereocenters. The summed E-state index contributed by atoms with van der Waals surface area (Å²) in [4.78, 5) is 19.8. The standard InChI is InChI=1S/C18H16FN3O/c19-12-7-5-11(6-8-12)13-9-14(13)18(23)20-10-17-21-15-3-1-2-4-16(15)22-17/h1-8,13-14H,9-10H2,(H,20,23)(H,21,22). The molecule has 0 spiro atoms.